The summed E-state index contributed by atoms with van der Waals surface area (Å²) in [6, 6.07) is 0. The molecule has 0 aromatic carbocycles. The van der Waals surface area contributed by atoms with E-state index in [0.29, 0.717) is 45.5 Å². The van der Waals surface area contributed by atoms with Crippen LogP contribution in [0.1, 0.15) is 0 Å². The van der Waals surface area contributed by atoms with Crippen LogP contribution in [-0.2, 0) is 28.5 Å². The Balaban J connectivity index is -0.0000000133. The molecular weight excluding hydrogens is 380 g/mol. The van der Waals surface area contributed by atoms with Crippen LogP contribution in [0.5, 0.6) is 0 Å². The van der Waals surface area contributed by atoms with Crippen molar-refractivity contribution in [2.24, 2.45) is 0 Å². The molecule has 5 heavy (non-hydrogen) atoms. The molecule has 0 spiro atoms. The zero-order valence-electron chi connectivity index (χ0n) is 2.12. The van der Waals surface area contributed by atoms with Crippen molar-refractivity contribution in [2.45, 2.75) is 0 Å². The molecule has 0 heterocycles. The molecule has 0 aliphatic heterocycles. The zero-order valence-corrected chi connectivity index (χ0v) is 9.31. The monoisotopic (exact) mass is 381 g/mol. The third kappa shape index (κ3) is 24.4. The van der Waals surface area contributed by atoms with E-state index in [9.17, 15) is 0 Å². The molecule has 3 radical (unpaired) electrons. The summed E-state index contributed by atoms with van der Waals surface area (Å²) in [4.78, 5) is 0. The molecule has 0 aromatic rings. The molecule has 0 rings (SSSR count). The SMILES string of the molecule is [Ag].[O]=[SbH].[O]=[Sn]. The average Bonchev–Trinajstić information content (AvgIpc) is 1.50. The first-order valence-electron chi connectivity index (χ1n) is 0.408. The van der Waals surface area contributed by atoms with Gasteiger partial charge in [0.15, 0.2) is 0 Å². The van der Waals surface area contributed by atoms with Crippen molar-refractivity contribution in [1.82, 2.24) is 0 Å². The third-order valence-corrected chi connectivity index (χ3v) is 0. The molecule has 0 aliphatic carbocycles. The Morgan fingerprint density at radius 1 is 1.20 bits per heavy atom. The van der Waals surface area contributed by atoms with Crippen LogP contribution < -0.4 is 0 Å². The van der Waals surface area contributed by atoms with Gasteiger partial charge in [-0.2, -0.15) is 0 Å². The van der Waals surface area contributed by atoms with Crippen molar-refractivity contribution < 1.29 is 28.5 Å². The molecule has 0 fully saturated rings. The van der Waals surface area contributed by atoms with Gasteiger partial charge in [0.1, 0.15) is 0 Å². The third-order valence-electron chi connectivity index (χ3n) is 0. The molecular formula is HAgO2SbSn. The molecule has 33 valence electrons. The number of hydrogen-bond donors (Lipinski definition) is 0. The van der Waals surface area contributed by atoms with E-state index in [0.717, 1.165) is 0 Å². The van der Waals surface area contributed by atoms with Gasteiger partial charge in [0.05, 0.1) is 0 Å². The fourth-order valence-electron chi connectivity index (χ4n) is 0. The van der Waals surface area contributed by atoms with E-state index in [4.69, 9.17) is 6.09 Å². The van der Waals surface area contributed by atoms with Crippen molar-refractivity contribution in [3.63, 3.8) is 0 Å². The summed E-state index contributed by atoms with van der Waals surface area (Å²) in [5, 5.41) is 0. The van der Waals surface area contributed by atoms with Crippen molar-refractivity contribution in [3.05, 3.63) is 0 Å². The van der Waals surface area contributed by atoms with E-state index >= 15 is 0 Å². The maximum atomic E-state index is 8.34. The summed E-state index contributed by atoms with van der Waals surface area (Å²) >= 11 is 0.600. The molecule has 0 saturated heterocycles. The minimum atomic E-state index is 0. The van der Waals surface area contributed by atoms with Crippen LogP contribution in [0.4, 0.5) is 0 Å². The van der Waals surface area contributed by atoms with Gasteiger partial charge in [0.2, 0.25) is 0 Å². The van der Waals surface area contributed by atoms with Gasteiger partial charge in [-0.05, 0) is 0 Å². The van der Waals surface area contributed by atoms with Crippen molar-refractivity contribution in [1.29, 1.82) is 0 Å². The van der Waals surface area contributed by atoms with Crippen molar-refractivity contribution >= 4 is 45.5 Å². The molecule has 0 aromatic heterocycles. The molecule has 2 nitrogen and oxygen atoms in total. The van der Waals surface area contributed by atoms with Crippen LogP contribution in [0.2, 0.25) is 0 Å². The Hall–Kier alpha value is 1.96. The summed E-state index contributed by atoms with van der Waals surface area (Å²) in [5.74, 6) is 0. The van der Waals surface area contributed by atoms with Crippen LogP contribution in [0.3, 0.4) is 0 Å². The van der Waals surface area contributed by atoms with Crippen LogP contribution in [-0.4, -0.2) is 45.5 Å². The summed E-state index contributed by atoms with van der Waals surface area (Å²) in [5.41, 5.74) is 0. The van der Waals surface area contributed by atoms with E-state index in [1.54, 1.807) is 0 Å². The normalized spacial score (nSPS) is 1.60. The van der Waals surface area contributed by atoms with Crippen molar-refractivity contribution in [2.75, 3.05) is 0 Å². The minimum absolute atomic E-state index is 0. The molecule has 0 bridgehead atoms. The van der Waals surface area contributed by atoms with Gasteiger partial charge in [-0.3, -0.25) is 0 Å². The average molecular weight is 381 g/mol. The Bertz CT molecular complexity index is 11.6. The first kappa shape index (κ1) is 15.8. The molecule has 0 unspecified atom stereocenters. The van der Waals surface area contributed by atoms with Gasteiger partial charge >= 0.3 is 51.6 Å². The van der Waals surface area contributed by atoms with Gasteiger partial charge in [0, 0.05) is 22.4 Å². The van der Waals surface area contributed by atoms with Gasteiger partial charge < -0.3 is 0 Å². The standard InChI is InChI=1S/Ag.2O.Sb.Sn.H. The summed E-state index contributed by atoms with van der Waals surface area (Å²) < 4.78 is 16.7. The fourth-order valence-corrected chi connectivity index (χ4v) is 0. The van der Waals surface area contributed by atoms with E-state index < -0.39 is 0 Å². The zero-order chi connectivity index (χ0) is 4.00. The van der Waals surface area contributed by atoms with Crippen molar-refractivity contribution in [3.8, 4) is 0 Å². The van der Waals surface area contributed by atoms with E-state index in [1.807, 2.05) is 0 Å². The van der Waals surface area contributed by atoms with Crippen LogP contribution in [0.25, 0.3) is 0 Å². The Kier molecular flexibility index (Phi) is 121. The van der Waals surface area contributed by atoms with E-state index in [2.05, 4.69) is 0 Å². The first-order chi connectivity index (χ1) is 2.00. The fraction of sp³-hybridized carbons (Fsp3) is 0. The Morgan fingerprint density at radius 2 is 1.20 bits per heavy atom. The number of rotatable bonds is 0. The maximum absolute atomic E-state index is 8.34. The molecule has 0 saturated carbocycles. The quantitative estimate of drug-likeness (QED) is 0.491. The van der Waals surface area contributed by atoms with Gasteiger partial charge in [-0.25, -0.2) is 0 Å². The predicted octanol–water partition coefficient (Wildman–Crippen LogP) is -1.27. The Labute approximate surface area is 72.9 Å². The summed E-state index contributed by atoms with van der Waals surface area (Å²) in [6.45, 7) is 0. The van der Waals surface area contributed by atoms with Crippen LogP contribution >= 0.6 is 0 Å². The molecule has 0 N–H and O–H groups in total. The summed E-state index contributed by atoms with van der Waals surface area (Å²) in [7, 11) is 0. The second-order valence-corrected chi connectivity index (χ2v) is 0. The second kappa shape index (κ2) is 38.2. The predicted molar refractivity (Wildman–Crippen MR) is 14.3 cm³/mol. The van der Waals surface area contributed by atoms with Gasteiger partial charge in [-0.15, -0.1) is 0 Å². The molecule has 0 amide bonds. The topological polar surface area (TPSA) is 34.1 Å². The van der Waals surface area contributed by atoms with Crippen LogP contribution in [0.15, 0.2) is 0 Å². The number of hydrogen-bond acceptors (Lipinski definition) is 2. The van der Waals surface area contributed by atoms with E-state index in [-0.39, 0.29) is 22.4 Å². The first-order valence-corrected chi connectivity index (χ1v) is 2.74. The molecule has 5 heteroatoms. The van der Waals surface area contributed by atoms with Crippen LogP contribution in [0, 0.1) is 0 Å². The Morgan fingerprint density at radius 3 is 1.20 bits per heavy atom. The van der Waals surface area contributed by atoms with Gasteiger partial charge in [0.25, 0.3) is 0 Å². The molecule has 0 atom stereocenters. The van der Waals surface area contributed by atoms with E-state index in [1.165, 1.54) is 0 Å². The summed E-state index contributed by atoms with van der Waals surface area (Å²) in [6.07, 6.45) is 0. The van der Waals surface area contributed by atoms with Gasteiger partial charge in [-0.1, -0.05) is 0 Å². The molecule has 0 aliphatic rings. The second-order valence-electron chi connectivity index (χ2n) is 0.